The summed E-state index contributed by atoms with van der Waals surface area (Å²) in [5.41, 5.74) is 4.66. The van der Waals surface area contributed by atoms with Crippen molar-refractivity contribution >= 4 is 11.9 Å². The van der Waals surface area contributed by atoms with E-state index in [9.17, 15) is 14.7 Å². The Balaban J connectivity index is 3.43. The molecule has 100 valence electrons. The molecule has 0 amide bonds. The molecule has 0 aromatic heterocycles. The molecule has 0 aliphatic carbocycles. The lowest BCUT2D eigenvalue weighted by Crippen LogP contribution is -2.37. The zero-order valence-corrected chi connectivity index (χ0v) is 10.2. The summed E-state index contributed by atoms with van der Waals surface area (Å²) in [6.07, 6.45) is 0.470. The number of aliphatic hydroxyl groups is 1. The summed E-state index contributed by atoms with van der Waals surface area (Å²) in [6.45, 7) is 3.65. The number of aliphatic hydroxyl groups excluding tert-OH is 1. The molecule has 0 aromatic rings. The van der Waals surface area contributed by atoms with E-state index in [1.807, 2.05) is 6.92 Å². The van der Waals surface area contributed by atoms with Crippen LogP contribution in [-0.2, 0) is 19.3 Å². The van der Waals surface area contributed by atoms with Crippen LogP contribution in [-0.4, -0.2) is 36.2 Å². The molecule has 0 aliphatic heterocycles. The van der Waals surface area contributed by atoms with Crippen molar-refractivity contribution < 1.29 is 24.4 Å². The average Bonchev–Trinajstić information content (AvgIpc) is 2.29. The molecule has 7 nitrogen and oxygen atoms in total. The molecule has 0 rings (SSSR count). The Kier molecular flexibility index (Phi) is 9.31. The zero-order valence-electron chi connectivity index (χ0n) is 10.2. The third-order valence-electron chi connectivity index (χ3n) is 1.75. The van der Waals surface area contributed by atoms with E-state index in [2.05, 4.69) is 20.6 Å². The Morgan fingerprint density at radius 1 is 1.12 bits per heavy atom. The van der Waals surface area contributed by atoms with Crippen molar-refractivity contribution in [1.82, 2.24) is 11.0 Å². The first kappa shape index (κ1) is 15.8. The molecule has 0 spiro atoms. The minimum atomic E-state index is -0.825. The maximum atomic E-state index is 10.9. The van der Waals surface area contributed by atoms with Gasteiger partial charge < -0.3 is 14.8 Å². The smallest absolute Gasteiger partial charge is 0.324 e. The Morgan fingerprint density at radius 2 is 1.65 bits per heavy atom. The van der Waals surface area contributed by atoms with Crippen molar-refractivity contribution in [2.24, 2.45) is 0 Å². The van der Waals surface area contributed by atoms with E-state index in [1.54, 1.807) is 6.92 Å². The summed E-state index contributed by atoms with van der Waals surface area (Å²) in [6, 6.07) is 0. The highest BCUT2D eigenvalue weighted by atomic mass is 16.7. The van der Waals surface area contributed by atoms with Gasteiger partial charge in [0.2, 0.25) is 0 Å². The van der Waals surface area contributed by atoms with E-state index in [0.29, 0.717) is 12.8 Å². The summed E-state index contributed by atoms with van der Waals surface area (Å²) < 4.78 is 0. The average molecular weight is 248 g/mol. The van der Waals surface area contributed by atoms with Gasteiger partial charge in [0.25, 0.3) is 0 Å². The van der Waals surface area contributed by atoms with E-state index < -0.39 is 12.1 Å². The Hall–Kier alpha value is -1.18. The van der Waals surface area contributed by atoms with Crippen LogP contribution < -0.4 is 11.0 Å². The molecular weight excluding hydrogens is 228 g/mol. The van der Waals surface area contributed by atoms with Crippen LogP contribution in [0.25, 0.3) is 0 Å². The molecule has 1 unspecified atom stereocenters. The fourth-order valence-electron chi connectivity index (χ4n) is 0.836. The van der Waals surface area contributed by atoms with Crippen LogP contribution in [0.2, 0.25) is 0 Å². The molecule has 0 aromatic carbocycles. The third kappa shape index (κ3) is 9.73. The van der Waals surface area contributed by atoms with Gasteiger partial charge >= 0.3 is 11.9 Å². The summed E-state index contributed by atoms with van der Waals surface area (Å²) >= 11 is 0. The molecule has 1 atom stereocenters. The van der Waals surface area contributed by atoms with Crippen LogP contribution in [0.3, 0.4) is 0 Å². The number of hydroxylamine groups is 2. The van der Waals surface area contributed by atoms with Crippen LogP contribution in [0.4, 0.5) is 0 Å². The van der Waals surface area contributed by atoms with Crippen LogP contribution in [0.5, 0.6) is 0 Å². The zero-order chi connectivity index (χ0) is 13.1. The molecule has 0 aliphatic rings. The molecule has 0 saturated carbocycles. The molecule has 0 fully saturated rings. The first-order valence-electron chi connectivity index (χ1n) is 5.63. The van der Waals surface area contributed by atoms with E-state index in [0.717, 1.165) is 0 Å². The van der Waals surface area contributed by atoms with Gasteiger partial charge in [0.1, 0.15) is 0 Å². The Morgan fingerprint density at radius 3 is 2.12 bits per heavy atom. The van der Waals surface area contributed by atoms with Gasteiger partial charge in [-0.3, -0.25) is 9.59 Å². The van der Waals surface area contributed by atoms with Crippen LogP contribution >= 0.6 is 0 Å². The first-order valence-corrected chi connectivity index (χ1v) is 5.63. The SMILES string of the molecule is CCCC(=O)ONCC(O)CNOC(=O)CC. The second-order valence-electron chi connectivity index (χ2n) is 3.40. The third-order valence-corrected chi connectivity index (χ3v) is 1.75. The minimum Gasteiger partial charge on any atom is -0.390 e. The highest BCUT2D eigenvalue weighted by Crippen LogP contribution is 1.89. The molecule has 0 heterocycles. The van der Waals surface area contributed by atoms with Gasteiger partial charge in [0, 0.05) is 12.8 Å². The van der Waals surface area contributed by atoms with Gasteiger partial charge in [-0.2, -0.15) is 11.0 Å². The van der Waals surface area contributed by atoms with Gasteiger partial charge in [-0.05, 0) is 6.42 Å². The van der Waals surface area contributed by atoms with Gasteiger partial charge in [-0.15, -0.1) is 0 Å². The maximum absolute atomic E-state index is 10.9. The largest absolute Gasteiger partial charge is 0.390 e. The molecule has 0 radical (unpaired) electrons. The van der Waals surface area contributed by atoms with E-state index >= 15 is 0 Å². The molecule has 3 N–H and O–H groups in total. The van der Waals surface area contributed by atoms with Crippen LogP contribution in [0.1, 0.15) is 33.1 Å². The van der Waals surface area contributed by atoms with E-state index in [-0.39, 0.29) is 25.5 Å². The van der Waals surface area contributed by atoms with Gasteiger partial charge in [-0.25, -0.2) is 0 Å². The lowest BCUT2D eigenvalue weighted by atomic mass is 10.3. The summed E-state index contributed by atoms with van der Waals surface area (Å²) in [5, 5.41) is 9.37. The number of hydrogen-bond donors (Lipinski definition) is 3. The second kappa shape index (κ2) is 10.0. The fourth-order valence-corrected chi connectivity index (χ4v) is 0.836. The van der Waals surface area contributed by atoms with Crippen molar-refractivity contribution in [3.63, 3.8) is 0 Å². The monoisotopic (exact) mass is 248 g/mol. The summed E-state index contributed by atoms with van der Waals surface area (Å²) in [5.74, 6) is -0.774. The second-order valence-corrected chi connectivity index (χ2v) is 3.40. The quantitative estimate of drug-likeness (QED) is 0.480. The Labute approximate surface area is 100 Å². The molecule has 0 saturated heterocycles. The minimum absolute atomic E-state index is 0.0596. The molecule has 17 heavy (non-hydrogen) atoms. The van der Waals surface area contributed by atoms with E-state index in [1.165, 1.54) is 0 Å². The van der Waals surface area contributed by atoms with Crippen molar-refractivity contribution in [1.29, 1.82) is 0 Å². The normalized spacial score (nSPS) is 11.9. The van der Waals surface area contributed by atoms with Crippen molar-refractivity contribution in [2.75, 3.05) is 13.1 Å². The predicted molar refractivity (Wildman–Crippen MR) is 59.4 cm³/mol. The number of rotatable bonds is 9. The number of nitrogens with one attached hydrogen (secondary N) is 2. The van der Waals surface area contributed by atoms with Crippen LogP contribution in [0, 0.1) is 0 Å². The summed E-state index contributed by atoms with van der Waals surface area (Å²) in [4.78, 5) is 30.8. The molecule has 0 bridgehead atoms. The standard InChI is InChI=1S/C10H20N2O5/c1-3-5-10(15)17-12-7-8(13)6-11-16-9(14)4-2/h8,11-13H,3-7H2,1-2H3. The predicted octanol–water partition coefficient (Wildman–Crippen LogP) is -0.347. The fraction of sp³-hybridized carbons (Fsp3) is 0.800. The first-order chi connectivity index (χ1) is 8.10. The highest BCUT2D eigenvalue weighted by molar-refractivity contribution is 5.69. The summed E-state index contributed by atoms with van der Waals surface area (Å²) in [7, 11) is 0. The highest BCUT2D eigenvalue weighted by Gasteiger charge is 2.07. The van der Waals surface area contributed by atoms with Crippen LogP contribution in [0.15, 0.2) is 0 Å². The maximum Gasteiger partial charge on any atom is 0.324 e. The van der Waals surface area contributed by atoms with Gasteiger partial charge in [-0.1, -0.05) is 13.8 Å². The topological polar surface area (TPSA) is 96.9 Å². The lowest BCUT2D eigenvalue weighted by Gasteiger charge is -2.12. The van der Waals surface area contributed by atoms with Gasteiger partial charge in [0.15, 0.2) is 0 Å². The van der Waals surface area contributed by atoms with Gasteiger partial charge in [0.05, 0.1) is 19.2 Å². The number of carbonyl (C=O) groups excluding carboxylic acids is 2. The van der Waals surface area contributed by atoms with Crippen molar-refractivity contribution in [3.8, 4) is 0 Å². The van der Waals surface area contributed by atoms with Crippen molar-refractivity contribution in [3.05, 3.63) is 0 Å². The molecular formula is C10H20N2O5. The number of carbonyl (C=O) groups is 2. The van der Waals surface area contributed by atoms with E-state index in [4.69, 9.17) is 0 Å². The lowest BCUT2D eigenvalue weighted by molar-refractivity contribution is -0.153. The Bertz CT molecular complexity index is 235. The van der Waals surface area contributed by atoms with Crippen molar-refractivity contribution in [2.45, 2.75) is 39.2 Å². The molecule has 7 heteroatoms. The number of hydrogen-bond acceptors (Lipinski definition) is 7.